The number of halogens is 2. The van der Waals surface area contributed by atoms with Gasteiger partial charge in [-0.3, -0.25) is 9.69 Å². The van der Waals surface area contributed by atoms with Crippen LogP contribution in [0, 0.1) is 6.92 Å². The van der Waals surface area contributed by atoms with Crippen molar-refractivity contribution in [3.63, 3.8) is 0 Å². The summed E-state index contributed by atoms with van der Waals surface area (Å²) < 4.78 is 29.9. The highest BCUT2D eigenvalue weighted by atomic mass is 35.5. The lowest BCUT2D eigenvalue weighted by molar-refractivity contribution is -0.152. The Labute approximate surface area is 254 Å². The third kappa shape index (κ3) is 6.47. The molecular weight excluding hydrogens is 607 g/mol. The van der Waals surface area contributed by atoms with E-state index in [0.717, 1.165) is 11.1 Å². The number of aliphatic hydroxyl groups excluding tert-OH is 1. The van der Waals surface area contributed by atoms with Crippen LogP contribution in [0.1, 0.15) is 28.8 Å². The van der Waals surface area contributed by atoms with Gasteiger partial charge in [-0.2, -0.15) is 0 Å². The zero-order valence-corrected chi connectivity index (χ0v) is 25.7. The second-order valence-electron chi connectivity index (χ2n) is 10.2. The number of carbonyl (C=O) groups excluding carboxylic acids is 2. The van der Waals surface area contributed by atoms with Crippen molar-refractivity contribution < 1.29 is 27.9 Å². The van der Waals surface area contributed by atoms with Gasteiger partial charge in [0.25, 0.3) is 0 Å². The van der Waals surface area contributed by atoms with Gasteiger partial charge in [0.15, 0.2) is 21.2 Å². The lowest BCUT2D eigenvalue weighted by atomic mass is 9.87. The van der Waals surface area contributed by atoms with Crippen LogP contribution >= 0.6 is 35.3 Å². The second kappa shape index (κ2) is 12.1. The van der Waals surface area contributed by atoms with Crippen LogP contribution in [0.5, 0.6) is 0 Å². The van der Waals surface area contributed by atoms with E-state index in [-0.39, 0.29) is 47.6 Å². The van der Waals surface area contributed by atoms with Gasteiger partial charge in [0.05, 0.1) is 18.0 Å². The molecule has 5 rings (SSSR count). The lowest BCUT2D eigenvalue weighted by Crippen LogP contribution is -2.52. The lowest BCUT2D eigenvalue weighted by Gasteiger charge is -2.38. The zero-order valence-electron chi connectivity index (χ0n) is 22.5. The molecule has 1 atom stereocenters. The van der Waals surface area contributed by atoms with Gasteiger partial charge in [0.2, 0.25) is 5.91 Å². The Morgan fingerprint density at radius 3 is 2.68 bits per heavy atom. The molecule has 2 aromatic carbocycles. The van der Waals surface area contributed by atoms with Crippen molar-refractivity contribution in [3.05, 3.63) is 80.7 Å². The van der Waals surface area contributed by atoms with E-state index in [2.05, 4.69) is 5.32 Å². The molecule has 8 nitrogen and oxygen atoms in total. The number of hydrogen-bond donors (Lipinski definition) is 2. The van der Waals surface area contributed by atoms with Crippen LogP contribution in [0.2, 0.25) is 5.02 Å². The third-order valence-electron chi connectivity index (χ3n) is 7.26. The average molecular weight is 638 g/mol. The summed E-state index contributed by atoms with van der Waals surface area (Å²) in [5, 5.41) is 16.6. The highest BCUT2D eigenvalue weighted by Gasteiger charge is 2.51. The van der Waals surface area contributed by atoms with E-state index in [4.69, 9.17) is 16.3 Å². The number of carbonyl (C=O) groups is 2. The Hall–Kier alpha value is -2.89. The molecular formula is C29H30Cl2N2O6S2. The third-order valence-corrected chi connectivity index (χ3v) is 9.56. The van der Waals surface area contributed by atoms with Crippen LogP contribution in [0.4, 0.5) is 0 Å². The highest BCUT2D eigenvalue weighted by molar-refractivity contribution is 7.90. The van der Waals surface area contributed by atoms with Gasteiger partial charge >= 0.3 is 5.97 Å². The zero-order chi connectivity index (χ0) is 28.7. The van der Waals surface area contributed by atoms with Crippen molar-refractivity contribution in [3.8, 4) is 11.1 Å². The smallest absolute Gasteiger partial charge is 0.343 e. The minimum atomic E-state index is -3.41. The first kappa shape index (κ1) is 31.1. The number of likely N-dealkylation sites (tertiary alicyclic amines) is 1. The number of benzene rings is 2. The number of aliphatic hydroxyl groups is 1. The van der Waals surface area contributed by atoms with Crippen molar-refractivity contribution in [2.24, 2.45) is 0 Å². The quantitative estimate of drug-likeness (QED) is 0.344. The van der Waals surface area contributed by atoms with Gasteiger partial charge in [0.1, 0.15) is 5.57 Å². The normalized spacial score (nSPS) is 19.2. The van der Waals surface area contributed by atoms with Crippen LogP contribution in [-0.2, 0) is 30.7 Å². The number of ether oxygens (including phenoxy) is 1. The first-order chi connectivity index (χ1) is 19.0. The van der Waals surface area contributed by atoms with Gasteiger partial charge < -0.3 is 15.2 Å². The van der Waals surface area contributed by atoms with Crippen LogP contribution in [0.15, 0.2) is 64.6 Å². The molecule has 1 amide bonds. The van der Waals surface area contributed by atoms with Gasteiger partial charge in [-0.15, -0.1) is 23.7 Å². The Morgan fingerprint density at radius 1 is 1.20 bits per heavy atom. The number of esters is 1. The molecule has 1 unspecified atom stereocenters. The number of nitrogens with one attached hydrogen (secondary N) is 1. The molecule has 2 N–H and O–H groups in total. The number of hydrogen-bond acceptors (Lipinski definition) is 8. The maximum absolute atomic E-state index is 13.1. The topological polar surface area (TPSA) is 113 Å². The molecule has 3 aromatic rings. The summed E-state index contributed by atoms with van der Waals surface area (Å²) in [4.78, 5) is 28.8. The summed E-state index contributed by atoms with van der Waals surface area (Å²) in [5.74, 6) is -0.948. The number of piperidine rings is 1. The van der Waals surface area contributed by atoms with E-state index in [0.29, 0.717) is 53.2 Å². The van der Waals surface area contributed by atoms with Gasteiger partial charge in [-0.05, 0) is 78.7 Å². The Balaban J connectivity index is 0.00000387. The van der Waals surface area contributed by atoms with E-state index in [9.17, 15) is 23.1 Å². The number of thiophene rings is 1. The molecule has 1 aromatic heterocycles. The van der Waals surface area contributed by atoms with Crippen LogP contribution < -0.4 is 5.32 Å². The fourth-order valence-electron chi connectivity index (χ4n) is 5.28. The molecule has 12 heteroatoms. The molecule has 0 bridgehead atoms. The molecule has 3 heterocycles. The standard InChI is InChI=1S/C29H29ClN2O6S2.ClH/c1-18-12-23(19-6-3-8-21(13-19)40(2,36)37)24(30)14-22(18)26-27(34)29(38-28(26)35)9-5-10-32(17-29)16-25(33)31-15-20-7-4-11-39-20;/h3-4,6-8,11-14,34H,5,9-10,15-17H2,1-2H3,(H,31,33);1H. The highest BCUT2D eigenvalue weighted by Crippen LogP contribution is 2.44. The van der Waals surface area contributed by atoms with Crippen LogP contribution in [-0.4, -0.2) is 61.8 Å². The maximum atomic E-state index is 13.1. The van der Waals surface area contributed by atoms with Gasteiger partial charge in [-0.25, -0.2) is 13.2 Å². The Kier molecular flexibility index (Phi) is 9.20. The largest absolute Gasteiger partial charge is 0.507 e. The summed E-state index contributed by atoms with van der Waals surface area (Å²) in [7, 11) is -3.41. The maximum Gasteiger partial charge on any atom is 0.343 e. The SMILES string of the molecule is Cc1cc(-c2cccc(S(C)(=O)=O)c2)c(Cl)cc1C1=C(O)C2(CCCN(CC(=O)NCc3cccs3)C2)OC1=O.Cl. The monoisotopic (exact) mass is 636 g/mol. The molecule has 1 fully saturated rings. The number of aryl methyl sites for hydroxylation is 1. The molecule has 0 saturated carbocycles. The summed E-state index contributed by atoms with van der Waals surface area (Å²) in [5.41, 5.74) is 1.15. The molecule has 1 spiro atoms. The first-order valence-electron chi connectivity index (χ1n) is 12.8. The number of rotatable bonds is 7. The van der Waals surface area contributed by atoms with E-state index >= 15 is 0 Å². The number of sulfone groups is 1. The van der Waals surface area contributed by atoms with Crippen molar-refractivity contribution >= 4 is 62.6 Å². The van der Waals surface area contributed by atoms with Crippen molar-refractivity contribution in [2.45, 2.75) is 36.8 Å². The minimum Gasteiger partial charge on any atom is -0.507 e. The number of amides is 1. The van der Waals surface area contributed by atoms with Gasteiger partial charge in [-0.1, -0.05) is 29.8 Å². The Morgan fingerprint density at radius 2 is 1.98 bits per heavy atom. The molecule has 0 radical (unpaired) electrons. The fourth-order valence-corrected chi connectivity index (χ4v) is 6.87. The van der Waals surface area contributed by atoms with Crippen LogP contribution in [0.3, 0.4) is 0 Å². The summed E-state index contributed by atoms with van der Waals surface area (Å²) in [6.07, 6.45) is 2.21. The molecule has 41 heavy (non-hydrogen) atoms. The molecule has 0 aliphatic carbocycles. The first-order valence-corrected chi connectivity index (χ1v) is 15.9. The molecule has 218 valence electrons. The summed E-state index contributed by atoms with van der Waals surface area (Å²) in [6, 6.07) is 13.7. The van der Waals surface area contributed by atoms with Crippen LogP contribution in [0.25, 0.3) is 16.7 Å². The van der Waals surface area contributed by atoms with E-state index in [1.165, 1.54) is 6.07 Å². The predicted molar refractivity (Wildman–Crippen MR) is 162 cm³/mol. The minimum absolute atomic E-state index is 0. The summed E-state index contributed by atoms with van der Waals surface area (Å²) in [6.45, 7) is 3.21. The molecule has 2 aliphatic heterocycles. The second-order valence-corrected chi connectivity index (χ2v) is 13.7. The molecule has 1 saturated heterocycles. The van der Waals surface area contributed by atoms with E-state index in [1.807, 2.05) is 22.4 Å². The Bertz CT molecular complexity index is 1620. The van der Waals surface area contributed by atoms with Gasteiger partial charge in [0, 0.05) is 28.3 Å². The van der Waals surface area contributed by atoms with Crippen molar-refractivity contribution in [2.75, 3.05) is 25.9 Å². The van der Waals surface area contributed by atoms with E-state index in [1.54, 1.807) is 48.6 Å². The van der Waals surface area contributed by atoms with Crippen molar-refractivity contribution in [1.82, 2.24) is 10.2 Å². The molecule has 2 aliphatic rings. The van der Waals surface area contributed by atoms with E-state index < -0.39 is 21.4 Å². The fraction of sp³-hybridized carbons (Fsp3) is 0.310. The predicted octanol–water partition coefficient (Wildman–Crippen LogP) is 5.18. The average Bonchev–Trinajstić information content (AvgIpc) is 3.50. The van der Waals surface area contributed by atoms with Crippen molar-refractivity contribution in [1.29, 1.82) is 0 Å². The summed E-state index contributed by atoms with van der Waals surface area (Å²) >= 11 is 8.21. The number of nitrogens with zero attached hydrogens (tertiary/aromatic N) is 1.